The van der Waals surface area contributed by atoms with Gasteiger partial charge in [0.15, 0.2) is 5.78 Å². The zero-order valence-corrected chi connectivity index (χ0v) is 6.68. The van der Waals surface area contributed by atoms with Gasteiger partial charge in [0.2, 0.25) is 0 Å². The lowest BCUT2D eigenvalue weighted by Crippen LogP contribution is -2.11. The Labute approximate surface area is 66.2 Å². The fourth-order valence-electron chi connectivity index (χ4n) is 1.31. The minimum Gasteiger partial charge on any atom is -0.512 e. The van der Waals surface area contributed by atoms with Gasteiger partial charge in [0, 0.05) is 12.8 Å². The van der Waals surface area contributed by atoms with Crippen LogP contribution in [-0.4, -0.2) is 10.9 Å². The molecule has 0 saturated heterocycles. The Balaban J connectivity index is 3.01. The van der Waals surface area contributed by atoms with Crippen LogP contribution in [0.2, 0.25) is 0 Å². The van der Waals surface area contributed by atoms with Crippen molar-refractivity contribution in [2.24, 2.45) is 0 Å². The van der Waals surface area contributed by atoms with Crippen LogP contribution in [0.4, 0.5) is 0 Å². The Bertz CT molecular complexity index is 236. The Morgan fingerprint density at radius 1 is 1.55 bits per heavy atom. The van der Waals surface area contributed by atoms with Crippen LogP contribution in [-0.2, 0) is 4.79 Å². The van der Waals surface area contributed by atoms with E-state index in [0.29, 0.717) is 24.0 Å². The van der Waals surface area contributed by atoms with Crippen LogP contribution < -0.4 is 0 Å². The number of allylic oxidation sites excluding steroid dienone is 3. The molecule has 0 heterocycles. The van der Waals surface area contributed by atoms with E-state index in [4.69, 9.17) is 0 Å². The molecule has 1 N–H and O–H groups in total. The van der Waals surface area contributed by atoms with Gasteiger partial charge in [-0.3, -0.25) is 4.79 Å². The zero-order valence-electron chi connectivity index (χ0n) is 6.68. The molecule has 1 aliphatic carbocycles. The maximum absolute atomic E-state index is 11.2. The van der Waals surface area contributed by atoms with Crippen molar-refractivity contribution in [2.75, 3.05) is 0 Å². The van der Waals surface area contributed by atoms with E-state index in [1.54, 1.807) is 6.92 Å². The molecule has 0 fully saturated rings. The Hall–Kier alpha value is -1.05. The number of carbonyl (C=O) groups is 1. The van der Waals surface area contributed by atoms with E-state index < -0.39 is 0 Å². The van der Waals surface area contributed by atoms with Crippen molar-refractivity contribution in [1.82, 2.24) is 0 Å². The summed E-state index contributed by atoms with van der Waals surface area (Å²) < 4.78 is 0. The molecule has 0 atom stereocenters. The van der Waals surface area contributed by atoms with E-state index >= 15 is 0 Å². The lowest BCUT2D eigenvalue weighted by atomic mass is 9.92. The molecule has 2 nitrogen and oxygen atoms in total. The van der Waals surface area contributed by atoms with Gasteiger partial charge < -0.3 is 5.11 Å². The molecular weight excluding hydrogens is 140 g/mol. The quantitative estimate of drug-likeness (QED) is 0.625. The van der Waals surface area contributed by atoms with Crippen LogP contribution in [0.15, 0.2) is 23.5 Å². The molecule has 0 saturated carbocycles. The first kappa shape index (κ1) is 8.05. The second kappa shape index (κ2) is 2.91. The fourth-order valence-corrected chi connectivity index (χ4v) is 1.31. The molecule has 0 aromatic carbocycles. The van der Waals surface area contributed by atoms with E-state index in [2.05, 4.69) is 6.58 Å². The number of ketones is 1. The Morgan fingerprint density at radius 3 is 2.55 bits per heavy atom. The molecule has 0 spiro atoms. The van der Waals surface area contributed by atoms with Gasteiger partial charge in [0.1, 0.15) is 5.76 Å². The highest BCUT2D eigenvalue weighted by Crippen LogP contribution is 2.24. The average molecular weight is 152 g/mol. The molecular formula is C9H12O2. The molecule has 60 valence electrons. The average Bonchev–Trinajstić information content (AvgIpc) is 1.85. The third kappa shape index (κ3) is 1.50. The highest BCUT2D eigenvalue weighted by atomic mass is 16.3. The van der Waals surface area contributed by atoms with E-state index in [1.807, 2.05) is 0 Å². The van der Waals surface area contributed by atoms with E-state index in [-0.39, 0.29) is 11.5 Å². The number of Topliss-reactive ketones (excluding diaryl/α,β-unsaturated/α-hetero) is 1. The predicted molar refractivity (Wildman–Crippen MR) is 43.3 cm³/mol. The molecule has 1 rings (SSSR count). The van der Waals surface area contributed by atoms with Crippen LogP contribution in [0.25, 0.3) is 0 Å². The Kier molecular flexibility index (Phi) is 2.13. The van der Waals surface area contributed by atoms with Crippen LogP contribution >= 0.6 is 0 Å². The number of carbonyl (C=O) groups excluding carboxylic acids is 1. The number of hydrogen-bond donors (Lipinski definition) is 1. The summed E-state index contributed by atoms with van der Waals surface area (Å²) in [4.78, 5) is 11.2. The summed E-state index contributed by atoms with van der Waals surface area (Å²) in [6, 6.07) is 0. The van der Waals surface area contributed by atoms with Gasteiger partial charge in [-0.1, -0.05) is 6.58 Å². The molecule has 1 aliphatic rings. The third-order valence-electron chi connectivity index (χ3n) is 1.81. The molecule has 0 aromatic heterocycles. The predicted octanol–water partition coefficient (Wildman–Crippen LogP) is 2.13. The standard InChI is InChI=1S/C9H12O2/c1-6(2)9-7(10)4-3-5-8(9)11/h10H,1,3-5H2,2H3. The second-order valence-corrected chi connectivity index (χ2v) is 2.88. The van der Waals surface area contributed by atoms with E-state index in [0.717, 1.165) is 6.42 Å². The minimum absolute atomic E-state index is 0.0289. The lowest BCUT2D eigenvalue weighted by Gasteiger charge is -2.14. The summed E-state index contributed by atoms with van der Waals surface area (Å²) in [5, 5.41) is 9.31. The van der Waals surface area contributed by atoms with Crippen molar-refractivity contribution in [3.05, 3.63) is 23.5 Å². The molecule has 0 unspecified atom stereocenters. The zero-order chi connectivity index (χ0) is 8.43. The van der Waals surface area contributed by atoms with Gasteiger partial charge in [0.05, 0.1) is 5.57 Å². The highest BCUT2D eigenvalue weighted by molar-refractivity contribution is 6.00. The second-order valence-electron chi connectivity index (χ2n) is 2.88. The third-order valence-corrected chi connectivity index (χ3v) is 1.81. The van der Waals surface area contributed by atoms with Crippen molar-refractivity contribution in [3.8, 4) is 0 Å². The van der Waals surface area contributed by atoms with Gasteiger partial charge in [0.25, 0.3) is 0 Å². The van der Waals surface area contributed by atoms with Crippen molar-refractivity contribution < 1.29 is 9.90 Å². The van der Waals surface area contributed by atoms with Gasteiger partial charge >= 0.3 is 0 Å². The smallest absolute Gasteiger partial charge is 0.166 e. The molecule has 0 aliphatic heterocycles. The number of hydrogen-bond acceptors (Lipinski definition) is 2. The van der Waals surface area contributed by atoms with Crippen molar-refractivity contribution in [2.45, 2.75) is 26.2 Å². The molecule has 0 radical (unpaired) electrons. The summed E-state index contributed by atoms with van der Waals surface area (Å²) in [7, 11) is 0. The maximum atomic E-state index is 11.2. The SMILES string of the molecule is C=C(C)C1=C(O)CCCC1=O. The Morgan fingerprint density at radius 2 is 2.18 bits per heavy atom. The summed E-state index contributed by atoms with van der Waals surface area (Å²) in [5.41, 5.74) is 1.13. The van der Waals surface area contributed by atoms with E-state index in [9.17, 15) is 9.90 Å². The summed E-state index contributed by atoms with van der Waals surface area (Å²) in [6.45, 7) is 5.39. The van der Waals surface area contributed by atoms with Crippen LogP contribution in [0, 0.1) is 0 Å². The monoisotopic (exact) mass is 152 g/mol. The van der Waals surface area contributed by atoms with Crippen molar-refractivity contribution in [1.29, 1.82) is 0 Å². The van der Waals surface area contributed by atoms with Crippen LogP contribution in [0.5, 0.6) is 0 Å². The highest BCUT2D eigenvalue weighted by Gasteiger charge is 2.19. The van der Waals surface area contributed by atoms with Gasteiger partial charge in [-0.05, 0) is 18.9 Å². The summed E-state index contributed by atoms with van der Waals surface area (Å²) in [6.07, 6.45) is 1.93. The van der Waals surface area contributed by atoms with Gasteiger partial charge in [-0.15, -0.1) is 0 Å². The molecule has 0 bridgehead atoms. The van der Waals surface area contributed by atoms with Gasteiger partial charge in [-0.2, -0.15) is 0 Å². The van der Waals surface area contributed by atoms with Crippen molar-refractivity contribution in [3.63, 3.8) is 0 Å². The normalized spacial score (nSPS) is 18.8. The summed E-state index contributed by atoms with van der Waals surface area (Å²) in [5.74, 6) is 0.245. The number of aliphatic hydroxyl groups excluding tert-OH is 1. The fraction of sp³-hybridized carbons (Fsp3) is 0.444. The molecule has 0 aromatic rings. The molecule has 2 heteroatoms. The van der Waals surface area contributed by atoms with Gasteiger partial charge in [-0.25, -0.2) is 0 Å². The van der Waals surface area contributed by atoms with Crippen LogP contribution in [0.3, 0.4) is 0 Å². The first-order valence-electron chi connectivity index (χ1n) is 3.74. The summed E-state index contributed by atoms with van der Waals surface area (Å²) >= 11 is 0. The maximum Gasteiger partial charge on any atom is 0.166 e. The largest absolute Gasteiger partial charge is 0.512 e. The number of aliphatic hydroxyl groups is 1. The topological polar surface area (TPSA) is 37.3 Å². The molecule has 0 amide bonds. The number of rotatable bonds is 1. The minimum atomic E-state index is 0.0289. The van der Waals surface area contributed by atoms with Crippen molar-refractivity contribution >= 4 is 5.78 Å². The first-order chi connectivity index (χ1) is 5.13. The van der Waals surface area contributed by atoms with E-state index in [1.165, 1.54) is 0 Å². The first-order valence-corrected chi connectivity index (χ1v) is 3.74. The van der Waals surface area contributed by atoms with Crippen LogP contribution in [0.1, 0.15) is 26.2 Å². The lowest BCUT2D eigenvalue weighted by molar-refractivity contribution is -0.116. The molecule has 11 heavy (non-hydrogen) atoms.